The van der Waals surface area contributed by atoms with Gasteiger partial charge in [-0.05, 0) is 115 Å². The van der Waals surface area contributed by atoms with E-state index in [4.69, 9.17) is 0 Å². The normalized spacial score (nSPS) is 11.0. The van der Waals surface area contributed by atoms with Crippen LogP contribution < -0.4 is 31.9 Å². The molecule has 15 rings (SSSR count). The Kier molecular flexibility index (Phi) is 14.4. The number of aromatic amines is 3. The highest BCUT2D eigenvalue weighted by atomic mass is 16.2. The van der Waals surface area contributed by atoms with Crippen molar-refractivity contribution in [3.8, 4) is 0 Å². The molecule has 0 spiro atoms. The van der Waals surface area contributed by atoms with Crippen LogP contribution in [0, 0.1) is 0 Å². The summed E-state index contributed by atoms with van der Waals surface area (Å²) in [7, 11) is 1.56. The van der Waals surface area contributed by atoms with Gasteiger partial charge in [-0.15, -0.1) is 0 Å². The number of hydrogen-bond donors (Lipinski definition) is 9. The Morgan fingerprint density at radius 3 is 1.22 bits per heavy atom. The number of amides is 3. The first kappa shape index (κ1) is 52.7. The largest absolute Gasteiger partial charge is 0.352 e. The number of anilines is 8. The van der Waals surface area contributed by atoms with Gasteiger partial charge >= 0.3 is 0 Å². The smallest absolute Gasteiger partial charge is 0.294 e. The van der Waals surface area contributed by atoms with Gasteiger partial charge < -0.3 is 31.9 Å². The number of carbonyl (C=O) groups is 3. The van der Waals surface area contributed by atoms with Gasteiger partial charge in [-0.25, -0.2) is 34.9 Å². The van der Waals surface area contributed by atoms with Crippen LogP contribution in [0.4, 0.5) is 46.0 Å². The predicted octanol–water partition coefficient (Wildman–Crippen LogP) is 11.6. The second-order valence-electron chi connectivity index (χ2n) is 19.2. The van der Waals surface area contributed by atoms with E-state index < -0.39 is 11.8 Å². The quantitative estimate of drug-likeness (QED) is 0.0581. The Morgan fingerprint density at radius 2 is 0.767 bits per heavy atom. The number of para-hydroxylation sites is 4. The zero-order valence-electron chi connectivity index (χ0n) is 45.3. The third-order valence-electron chi connectivity index (χ3n) is 13.5. The number of rotatable bonds is 11. The fourth-order valence-corrected chi connectivity index (χ4v) is 9.34. The molecule has 0 bridgehead atoms. The van der Waals surface area contributed by atoms with Crippen LogP contribution in [0.1, 0.15) is 31.9 Å². The molecular weight excluding hydrogens is 1080 g/mol. The first-order chi connectivity index (χ1) is 42.2. The summed E-state index contributed by atoms with van der Waals surface area (Å²) in [4.78, 5) is 72.7. The van der Waals surface area contributed by atoms with Crippen molar-refractivity contribution in [2.24, 2.45) is 0 Å². The summed E-state index contributed by atoms with van der Waals surface area (Å²) in [5.41, 5.74) is 8.84. The third kappa shape index (κ3) is 11.5. The van der Waals surface area contributed by atoms with Gasteiger partial charge in [0.25, 0.3) is 17.7 Å². The molecule has 86 heavy (non-hydrogen) atoms. The molecule has 0 atom stereocenters. The summed E-state index contributed by atoms with van der Waals surface area (Å²) in [6.45, 7) is 0. The van der Waals surface area contributed by atoms with Gasteiger partial charge in [0.05, 0.1) is 69.1 Å². The van der Waals surface area contributed by atoms with E-state index in [2.05, 4.69) is 102 Å². The van der Waals surface area contributed by atoms with Crippen LogP contribution in [0.5, 0.6) is 0 Å². The van der Waals surface area contributed by atoms with E-state index in [0.717, 1.165) is 76.8 Å². The minimum absolute atomic E-state index is 0.0567. The summed E-state index contributed by atoms with van der Waals surface area (Å²) in [6, 6.07) is 55.0. The van der Waals surface area contributed by atoms with Crippen molar-refractivity contribution >= 4 is 140 Å². The molecule has 8 aromatic heterocycles. The van der Waals surface area contributed by atoms with Gasteiger partial charge in [-0.1, -0.05) is 60.7 Å². The van der Waals surface area contributed by atoms with E-state index in [1.807, 2.05) is 158 Å². The Hall–Kier alpha value is -12.7. The topological polar surface area (TPSA) is 313 Å². The summed E-state index contributed by atoms with van der Waals surface area (Å²) in [5.74, 6) is 1.20. The molecule has 0 fully saturated rings. The van der Waals surface area contributed by atoms with Crippen molar-refractivity contribution in [2.45, 2.75) is 0 Å². The van der Waals surface area contributed by atoms with Crippen molar-refractivity contribution in [1.29, 1.82) is 0 Å². The molecule has 9 N–H and O–H groups in total. The van der Waals surface area contributed by atoms with Crippen LogP contribution in [0.2, 0.25) is 0 Å². The third-order valence-corrected chi connectivity index (χ3v) is 13.5. The predicted molar refractivity (Wildman–Crippen MR) is 332 cm³/mol. The molecule has 0 saturated carbocycles. The molecule has 23 nitrogen and oxygen atoms in total. The average Bonchev–Trinajstić information content (AvgIpc) is 2.84. The van der Waals surface area contributed by atoms with Crippen molar-refractivity contribution in [3.63, 3.8) is 0 Å². The lowest BCUT2D eigenvalue weighted by molar-refractivity contribution is 0.0951. The SMILES string of the molecule is CNC(=O)c1nc(Nc2ccc3[nH]ncc3c2)c2ccccc2n1.O=C(Nc1ccccn1)c1nc(Nc2ccc3[nH]ncc3c2)c2ccccc2n1.O=C(Nc1cnc2ccccc2c1)c1nc(Nc2ccc3[nH]ncc3c2)c2ccccc2n1. The lowest BCUT2D eigenvalue weighted by Crippen LogP contribution is -2.21. The van der Waals surface area contributed by atoms with Gasteiger partial charge in [0.1, 0.15) is 23.3 Å². The van der Waals surface area contributed by atoms with Gasteiger partial charge in [-0.2, -0.15) is 15.3 Å². The molecule has 8 heterocycles. The van der Waals surface area contributed by atoms with Gasteiger partial charge in [0.2, 0.25) is 17.5 Å². The van der Waals surface area contributed by atoms with Gasteiger partial charge in [-0.3, -0.25) is 34.7 Å². The lowest BCUT2D eigenvalue weighted by atomic mass is 10.2. The van der Waals surface area contributed by atoms with Crippen LogP contribution in [-0.4, -0.2) is 95.2 Å². The first-order valence-electron chi connectivity index (χ1n) is 26.7. The summed E-state index contributed by atoms with van der Waals surface area (Å²) < 4.78 is 0. The average molecular weight is 1130 g/mol. The van der Waals surface area contributed by atoms with E-state index >= 15 is 0 Å². The molecule has 15 aromatic rings. The van der Waals surface area contributed by atoms with Crippen LogP contribution in [0.15, 0.2) is 207 Å². The maximum Gasteiger partial charge on any atom is 0.294 e. The molecule has 0 aliphatic rings. The van der Waals surface area contributed by atoms with Crippen LogP contribution in [0.3, 0.4) is 0 Å². The molecule has 416 valence electrons. The number of H-pyrrole nitrogens is 3. The Balaban J connectivity index is 0.000000121. The number of benzene rings is 7. The number of carbonyl (C=O) groups excluding carboxylic acids is 3. The van der Waals surface area contributed by atoms with E-state index in [-0.39, 0.29) is 23.4 Å². The Morgan fingerprint density at radius 1 is 0.360 bits per heavy atom. The zero-order valence-corrected chi connectivity index (χ0v) is 45.3. The monoisotopic (exact) mass is 1130 g/mol. The highest BCUT2D eigenvalue weighted by Gasteiger charge is 2.18. The van der Waals surface area contributed by atoms with Crippen molar-refractivity contribution < 1.29 is 14.4 Å². The molecule has 3 amide bonds. The van der Waals surface area contributed by atoms with Gasteiger partial charge in [0.15, 0.2) is 0 Å². The number of aromatic nitrogens is 14. The Bertz CT molecular complexity index is 5030. The number of fused-ring (bicyclic) bond motifs is 7. The molecule has 0 radical (unpaired) electrons. The second kappa shape index (κ2) is 23.4. The molecule has 0 unspecified atom stereocenters. The standard InChI is InChI=1S/C25H17N7O.C21H15N7O.C17H14N6O/c33-25(29-18-11-15-5-1-3-7-20(15)26-14-18)24-30-22-8-4-2-6-19(22)23(31-24)28-17-9-10-21-16(12-17)13-27-32-21;29-21(26-18-7-3-4-10-22-18)20-25-17-6-2-1-5-15(17)19(27-20)24-14-8-9-16-13(11-14)12-23-28-16;1-18-17(24)16-21-14-5-3-2-4-12(14)15(22-16)20-11-6-7-13-10(8-11)9-19-23-13/h1-14H,(H,27,32)(H,29,33)(H,28,30,31);1-12H,(H,23,28)(H,22,26,29)(H,24,25,27);2-9H,1H3,(H,18,24)(H,19,23)(H,20,21,22). The summed E-state index contributed by atoms with van der Waals surface area (Å²) in [6.07, 6.45) is 8.50. The Labute approximate surface area is 486 Å². The first-order valence-corrected chi connectivity index (χ1v) is 26.7. The lowest BCUT2D eigenvalue weighted by Gasteiger charge is -2.11. The van der Waals surface area contributed by atoms with E-state index in [1.54, 1.807) is 56.2 Å². The maximum absolute atomic E-state index is 13.0. The molecule has 0 aliphatic heterocycles. The number of nitrogens with one attached hydrogen (secondary N) is 9. The molecule has 23 heteroatoms. The highest BCUT2D eigenvalue weighted by Crippen LogP contribution is 2.30. The minimum atomic E-state index is -0.428. The zero-order chi connectivity index (χ0) is 58.3. The van der Waals surface area contributed by atoms with E-state index in [9.17, 15) is 14.4 Å². The minimum Gasteiger partial charge on any atom is -0.352 e. The number of pyridine rings is 2. The number of nitrogens with zero attached hydrogens (tertiary/aromatic N) is 11. The van der Waals surface area contributed by atoms with Crippen LogP contribution in [-0.2, 0) is 0 Å². The molecule has 0 aliphatic carbocycles. The highest BCUT2D eigenvalue weighted by molar-refractivity contribution is 6.06. The fourth-order valence-electron chi connectivity index (χ4n) is 9.34. The fraction of sp³-hybridized carbons (Fsp3) is 0.0159. The van der Waals surface area contributed by atoms with E-state index in [1.165, 1.54) is 0 Å². The number of hydrogen-bond acceptors (Lipinski definition) is 17. The van der Waals surface area contributed by atoms with Crippen LogP contribution in [0.25, 0.3) is 76.3 Å². The summed E-state index contributed by atoms with van der Waals surface area (Å²) >= 11 is 0. The van der Waals surface area contributed by atoms with E-state index in [0.29, 0.717) is 45.5 Å². The van der Waals surface area contributed by atoms with Gasteiger partial charge in [0, 0.05) is 68.0 Å². The molecule has 0 saturated heterocycles. The molecule has 7 aromatic carbocycles. The van der Waals surface area contributed by atoms with Crippen molar-refractivity contribution in [1.82, 2.24) is 75.8 Å². The second-order valence-corrected chi connectivity index (χ2v) is 19.2. The van der Waals surface area contributed by atoms with Crippen molar-refractivity contribution in [3.05, 3.63) is 224 Å². The van der Waals surface area contributed by atoms with Crippen LogP contribution >= 0.6 is 0 Å². The molecular formula is C63H46N20O3. The van der Waals surface area contributed by atoms with Crippen molar-refractivity contribution in [2.75, 3.05) is 33.6 Å². The summed E-state index contributed by atoms with van der Waals surface area (Å²) in [5, 5.41) is 45.3. The maximum atomic E-state index is 13.0.